The molecule has 2 heterocycles. The van der Waals surface area contributed by atoms with Crippen molar-refractivity contribution in [2.45, 2.75) is 19.4 Å². The number of anilines is 2. The van der Waals surface area contributed by atoms with E-state index in [1.165, 1.54) is 17.9 Å². The van der Waals surface area contributed by atoms with Gasteiger partial charge in [-0.3, -0.25) is 9.69 Å². The monoisotopic (exact) mass is 333 g/mol. The minimum absolute atomic E-state index is 0.185. The van der Waals surface area contributed by atoms with Crippen LogP contribution in [0.15, 0.2) is 30.4 Å². The zero-order valence-electron chi connectivity index (χ0n) is 13.5. The van der Waals surface area contributed by atoms with E-state index in [4.69, 9.17) is 4.74 Å². The summed E-state index contributed by atoms with van der Waals surface area (Å²) in [6.45, 7) is 3.39. The summed E-state index contributed by atoms with van der Waals surface area (Å²) in [4.78, 5) is 26.3. The Morgan fingerprint density at radius 3 is 2.92 bits per heavy atom. The van der Waals surface area contributed by atoms with Crippen LogP contribution in [0.25, 0.3) is 0 Å². The Hall–Kier alpha value is -2.57. The fraction of sp³-hybridized carbons (Fsp3) is 0.412. The molecule has 1 atom stereocenters. The third kappa shape index (κ3) is 3.50. The summed E-state index contributed by atoms with van der Waals surface area (Å²) in [5, 5.41) is 2.61. The molecule has 1 aromatic carbocycles. The van der Waals surface area contributed by atoms with Gasteiger partial charge in [0, 0.05) is 20.0 Å². The van der Waals surface area contributed by atoms with Gasteiger partial charge in [-0.1, -0.05) is 12.2 Å². The molecule has 1 aromatic rings. The van der Waals surface area contributed by atoms with Gasteiger partial charge in [-0.2, -0.15) is 0 Å². The minimum Gasteiger partial charge on any atom is -0.442 e. The number of rotatable bonds is 4. The molecule has 0 saturated carbocycles. The average molecular weight is 333 g/mol. The van der Waals surface area contributed by atoms with E-state index < -0.39 is 12.2 Å². The maximum absolute atomic E-state index is 14.5. The average Bonchev–Trinajstić information content (AvgIpc) is 2.94. The minimum atomic E-state index is -0.529. The molecule has 3 rings (SSSR count). The highest BCUT2D eigenvalue weighted by Crippen LogP contribution is 2.28. The Labute approximate surface area is 139 Å². The van der Waals surface area contributed by atoms with Crippen LogP contribution in [0.3, 0.4) is 0 Å². The first kappa shape index (κ1) is 16.3. The van der Waals surface area contributed by atoms with Gasteiger partial charge in [0.15, 0.2) is 0 Å². The first-order chi connectivity index (χ1) is 11.5. The maximum Gasteiger partial charge on any atom is 0.414 e. The van der Waals surface area contributed by atoms with Gasteiger partial charge < -0.3 is 15.0 Å². The van der Waals surface area contributed by atoms with Crippen LogP contribution < -0.4 is 15.1 Å². The highest BCUT2D eigenvalue weighted by Gasteiger charge is 2.32. The summed E-state index contributed by atoms with van der Waals surface area (Å²) in [6, 6.07) is 4.77. The smallest absolute Gasteiger partial charge is 0.414 e. The van der Waals surface area contributed by atoms with Crippen molar-refractivity contribution in [3.8, 4) is 0 Å². The molecular formula is C17H20FN3O3. The van der Waals surface area contributed by atoms with E-state index >= 15 is 0 Å². The lowest BCUT2D eigenvalue weighted by Crippen LogP contribution is -2.33. The Balaban J connectivity index is 1.70. The SMILES string of the molecule is CC(=O)NCC1CN(c2ccc(N3CC=CCC3)c(F)c2)C(=O)O1. The number of benzene rings is 1. The number of halogens is 1. The predicted octanol–water partition coefficient (Wildman–Crippen LogP) is 2.05. The largest absolute Gasteiger partial charge is 0.442 e. The lowest BCUT2D eigenvalue weighted by atomic mass is 10.2. The highest BCUT2D eigenvalue weighted by molar-refractivity contribution is 5.90. The summed E-state index contributed by atoms with van der Waals surface area (Å²) in [7, 11) is 0. The summed E-state index contributed by atoms with van der Waals surface area (Å²) in [5.41, 5.74) is 0.990. The van der Waals surface area contributed by atoms with E-state index in [1.807, 2.05) is 11.0 Å². The van der Waals surface area contributed by atoms with E-state index in [0.29, 0.717) is 17.9 Å². The molecule has 1 N–H and O–H groups in total. The number of carbonyl (C=O) groups excluding carboxylic acids is 2. The van der Waals surface area contributed by atoms with Crippen LogP contribution in [0, 0.1) is 5.82 Å². The van der Waals surface area contributed by atoms with Crippen molar-refractivity contribution < 1.29 is 18.7 Å². The number of hydrogen-bond donors (Lipinski definition) is 1. The van der Waals surface area contributed by atoms with E-state index in [2.05, 4.69) is 11.4 Å². The van der Waals surface area contributed by atoms with Crippen molar-refractivity contribution in [3.63, 3.8) is 0 Å². The molecule has 128 valence electrons. The lowest BCUT2D eigenvalue weighted by molar-refractivity contribution is -0.119. The number of hydrogen-bond acceptors (Lipinski definition) is 4. The van der Waals surface area contributed by atoms with Crippen LogP contribution in [-0.2, 0) is 9.53 Å². The normalized spacial score (nSPS) is 20.2. The fourth-order valence-corrected chi connectivity index (χ4v) is 2.88. The number of nitrogens with one attached hydrogen (secondary N) is 1. The molecule has 1 saturated heterocycles. The molecule has 0 radical (unpaired) electrons. The van der Waals surface area contributed by atoms with Gasteiger partial charge in [-0.05, 0) is 24.6 Å². The summed E-state index contributed by atoms with van der Waals surface area (Å²) in [6.07, 6.45) is 4.03. The van der Waals surface area contributed by atoms with E-state index in [-0.39, 0.29) is 24.8 Å². The number of cyclic esters (lactones) is 1. The van der Waals surface area contributed by atoms with Gasteiger partial charge in [-0.15, -0.1) is 0 Å². The van der Waals surface area contributed by atoms with Crippen LogP contribution in [0.2, 0.25) is 0 Å². The molecule has 6 nitrogen and oxygen atoms in total. The molecule has 0 spiro atoms. The molecule has 2 aliphatic rings. The van der Waals surface area contributed by atoms with Crippen LogP contribution in [0.1, 0.15) is 13.3 Å². The Morgan fingerprint density at radius 2 is 2.25 bits per heavy atom. The van der Waals surface area contributed by atoms with Crippen molar-refractivity contribution in [2.75, 3.05) is 36.0 Å². The topological polar surface area (TPSA) is 61.9 Å². The lowest BCUT2D eigenvalue weighted by Gasteiger charge is -2.26. The molecule has 1 unspecified atom stereocenters. The number of amides is 2. The second-order valence-electron chi connectivity index (χ2n) is 5.90. The molecule has 0 aromatic heterocycles. The zero-order valence-corrected chi connectivity index (χ0v) is 13.5. The number of ether oxygens (including phenoxy) is 1. The van der Waals surface area contributed by atoms with Crippen LogP contribution >= 0.6 is 0 Å². The van der Waals surface area contributed by atoms with E-state index in [9.17, 15) is 14.0 Å². The molecule has 24 heavy (non-hydrogen) atoms. The van der Waals surface area contributed by atoms with Crippen LogP contribution in [0.4, 0.5) is 20.6 Å². The molecule has 0 bridgehead atoms. The van der Waals surface area contributed by atoms with Gasteiger partial charge in [0.2, 0.25) is 5.91 Å². The van der Waals surface area contributed by atoms with Gasteiger partial charge in [-0.25, -0.2) is 9.18 Å². The Kier molecular flexibility index (Phi) is 4.69. The summed E-state index contributed by atoms with van der Waals surface area (Å²) < 4.78 is 19.7. The second kappa shape index (κ2) is 6.90. The fourth-order valence-electron chi connectivity index (χ4n) is 2.88. The second-order valence-corrected chi connectivity index (χ2v) is 5.90. The standard InChI is InChI=1S/C17H20FN3O3/c1-12(22)19-10-14-11-21(17(23)24-14)13-5-6-16(15(18)9-13)20-7-3-2-4-8-20/h2-3,5-6,9,14H,4,7-8,10-11H2,1H3,(H,19,22). The Bertz CT molecular complexity index is 677. The van der Waals surface area contributed by atoms with E-state index in [0.717, 1.165) is 13.0 Å². The number of carbonyl (C=O) groups is 2. The van der Waals surface area contributed by atoms with Crippen molar-refractivity contribution in [2.24, 2.45) is 0 Å². The summed E-state index contributed by atoms with van der Waals surface area (Å²) in [5.74, 6) is -0.545. The molecule has 2 amide bonds. The molecule has 2 aliphatic heterocycles. The summed E-state index contributed by atoms with van der Waals surface area (Å²) >= 11 is 0. The van der Waals surface area contributed by atoms with Gasteiger partial charge in [0.25, 0.3) is 0 Å². The van der Waals surface area contributed by atoms with Crippen molar-refractivity contribution in [1.82, 2.24) is 5.32 Å². The Morgan fingerprint density at radius 1 is 1.42 bits per heavy atom. The van der Waals surface area contributed by atoms with Crippen LogP contribution in [0.5, 0.6) is 0 Å². The highest BCUT2D eigenvalue weighted by atomic mass is 19.1. The predicted molar refractivity (Wildman–Crippen MR) is 88.7 cm³/mol. The van der Waals surface area contributed by atoms with Crippen molar-refractivity contribution >= 4 is 23.4 Å². The quantitative estimate of drug-likeness (QED) is 0.857. The van der Waals surface area contributed by atoms with Gasteiger partial charge >= 0.3 is 6.09 Å². The van der Waals surface area contributed by atoms with Gasteiger partial charge in [0.1, 0.15) is 11.9 Å². The third-order valence-corrected chi connectivity index (χ3v) is 4.09. The third-order valence-electron chi connectivity index (χ3n) is 4.09. The van der Waals surface area contributed by atoms with E-state index in [1.54, 1.807) is 12.1 Å². The first-order valence-corrected chi connectivity index (χ1v) is 7.96. The molecule has 1 fully saturated rings. The van der Waals surface area contributed by atoms with Gasteiger partial charge in [0.05, 0.1) is 24.5 Å². The van der Waals surface area contributed by atoms with Crippen LogP contribution in [-0.4, -0.2) is 44.3 Å². The maximum atomic E-state index is 14.5. The zero-order chi connectivity index (χ0) is 17.1. The molecule has 7 heteroatoms. The molecular weight excluding hydrogens is 313 g/mol. The first-order valence-electron chi connectivity index (χ1n) is 7.96. The van der Waals surface area contributed by atoms with Crippen molar-refractivity contribution in [3.05, 3.63) is 36.2 Å². The van der Waals surface area contributed by atoms with Crippen molar-refractivity contribution in [1.29, 1.82) is 0 Å². The molecule has 0 aliphatic carbocycles. The number of nitrogens with zero attached hydrogens (tertiary/aromatic N) is 2.